The third-order valence-corrected chi connectivity index (χ3v) is 3.20. The summed E-state index contributed by atoms with van der Waals surface area (Å²) < 4.78 is 0. The molecule has 15 heavy (non-hydrogen) atoms. The second-order valence-corrected chi connectivity index (χ2v) is 4.30. The Hall–Kier alpha value is -0.610. The molecule has 4 heteroatoms. The summed E-state index contributed by atoms with van der Waals surface area (Å²) >= 11 is 0. The molecule has 1 fully saturated rings. The van der Waals surface area contributed by atoms with Gasteiger partial charge in [0.15, 0.2) is 0 Å². The van der Waals surface area contributed by atoms with Crippen LogP contribution in [0.15, 0.2) is 0 Å². The summed E-state index contributed by atoms with van der Waals surface area (Å²) in [6, 6.07) is 0. The van der Waals surface area contributed by atoms with E-state index in [1.807, 2.05) is 6.92 Å². The smallest absolute Gasteiger partial charge is 0.236 e. The number of likely N-dealkylation sites (N-methyl/N-ethyl adjacent to an activating group) is 1. The molecule has 1 aliphatic carbocycles. The Bertz CT molecular complexity index is 209. The monoisotopic (exact) mass is 214 g/mol. The fraction of sp³-hybridized carbons (Fsp3) is 0.909. The number of hydrogen-bond donors (Lipinski definition) is 2. The number of rotatable bonds is 5. The molecule has 1 aliphatic rings. The molecule has 2 N–H and O–H groups in total. The number of nitrogens with zero attached hydrogens (tertiary/aromatic N) is 1. The van der Waals surface area contributed by atoms with E-state index in [0.717, 1.165) is 32.4 Å². The van der Waals surface area contributed by atoms with E-state index in [0.29, 0.717) is 12.5 Å². The zero-order chi connectivity index (χ0) is 11.3. The van der Waals surface area contributed by atoms with Gasteiger partial charge in [-0.1, -0.05) is 6.42 Å². The summed E-state index contributed by atoms with van der Waals surface area (Å²) in [5, 5.41) is 12.7. The first kappa shape index (κ1) is 12.5. The SMILES string of the molecule is CCN(C)C(=O)CNCC1CCCC1O. The summed E-state index contributed by atoms with van der Waals surface area (Å²) in [4.78, 5) is 13.1. The largest absolute Gasteiger partial charge is 0.393 e. The molecule has 0 saturated heterocycles. The average molecular weight is 214 g/mol. The first-order chi connectivity index (χ1) is 7.15. The predicted octanol–water partition coefficient (Wildman–Crippen LogP) is 0.215. The molecule has 0 radical (unpaired) electrons. The van der Waals surface area contributed by atoms with Crippen molar-refractivity contribution in [3.05, 3.63) is 0 Å². The van der Waals surface area contributed by atoms with Gasteiger partial charge in [-0.15, -0.1) is 0 Å². The van der Waals surface area contributed by atoms with Crippen LogP contribution in [0.4, 0.5) is 0 Å². The number of carbonyl (C=O) groups excluding carboxylic acids is 1. The van der Waals surface area contributed by atoms with Crippen LogP contribution in [0, 0.1) is 5.92 Å². The standard InChI is InChI=1S/C11H22N2O2/c1-3-13(2)11(15)8-12-7-9-5-4-6-10(9)14/h9-10,12,14H,3-8H2,1-2H3. The van der Waals surface area contributed by atoms with Crippen molar-refractivity contribution >= 4 is 5.91 Å². The highest BCUT2D eigenvalue weighted by Gasteiger charge is 2.24. The second kappa shape index (κ2) is 6.08. The van der Waals surface area contributed by atoms with Crippen LogP contribution in [-0.2, 0) is 4.79 Å². The maximum absolute atomic E-state index is 11.4. The van der Waals surface area contributed by atoms with Crippen molar-refractivity contribution in [1.29, 1.82) is 0 Å². The van der Waals surface area contributed by atoms with Crippen LogP contribution in [0.2, 0.25) is 0 Å². The van der Waals surface area contributed by atoms with Crippen molar-refractivity contribution in [3.63, 3.8) is 0 Å². The van der Waals surface area contributed by atoms with Gasteiger partial charge >= 0.3 is 0 Å². The van der Waals surface area contributed by atoms with E-state index in [1.54, 1.807) is 11.9 Å². The minimum atomic E-state index is -0.170. The van der Waals surface area contributed by atoms with Crippen LogP contribution in [0.3, 0.4) is 0 Å². The molecular formula is C11H22N2O2. The minimum absolute atomic E-state index is 0.116. The van der Waals surface area contributed by atoms with Gasteiger partial charge in [0.2, 0.25) is 5.91 Å². The number of aliphatic hydroxyl groups is 1. The van der Waals surface area contributed by atoms with Crippen LogP contribution in [0.5, 0.6) is 0 Å². The van der Waals surface area contributed by atoms with Crippen LogP contribution >= 0.6 is 0 Å². The lowest BCUT2D eigenvalue weighted by Gasteiger charge is -2.17. The summed E-state index contributed by atoms with van der Waals surface area (Å²) in [6.07, 6.45) is 2.92. The first-order valence-corrected chi connectivity index (χ1v) is 5.78. The Morgan fingerprint density at radius 3 is 2.80 bits per heavy atom. The molecule has 0 heterocycles. The van der Waals surface area contributed by atoms with Gasteiger partial charge in [-0.05, 0) is 25.7 Å². The molecule has 1 amide bonds. The molecule has 0 bridgehead atoms. The molecule has 0 aromatic rings. The van der Waals surface area contributed by atoms with E-state index in [4.69, 9.17) is 0 Å². The van der Waals surface area contributed by atoms with E-state index < -0.39 is 0 Å². The third kappa shape index (κ3) is 3.80. The predicted molar refractivity (Wildman–Crippen MR) is 59.5 cm³/mol. The van der Waals surface area contributed by atoms with Crippen LogP contribution in [0.1, 0.15) is 26.2 Å². The Balaban J connectivity index is 2.13. The van der Waals surface area contributed by atoms with Gasteiger partial charge in [0.1, 0.15) is 0 Å². The Kier molecular flexibility index (Phi) is 5.05. The third-order valence-electron chi connectivity index (χ3n) is 3.20. The Labute approximate surface area is 91.6 Å². The highest BCUT2D eigenvalue weighted by atomic mass is 16.3. The molecule has 2 atom stereocenters. The molecule has 0 aromatic carbocycles. The van der Waals surface area contributed by atoms with Crippen molar-refractivity contribution in [3.8, 4) is 0 Å². The van der Waals surface area contributed by atoms with Crippen molar-refractivity contribution in [2.45, 2.75) is 32.3 Å². The quantitative estimate of drug-likeness (QED) is 0.688. The summed E-state index contributed by atoms with van der Waals surface area (Å²) in [5.74, 6) is 0.453. The zero-order valence-electron chi connectivity index (χ0n) is 9.70. The van der Waals surface area contributed by atoms with Gasteiger partial charge in [0, 0.05) is 20.1 Å². The summed E-state index contributed by atoms with van der Waals surface area (Å²) in [5.41, 5.74) is 0. The molecule has 88 valence electrons. The van der Waals surface area contributed by atoms with E-state index in [-0.39, 0.29) is 12.0 Å². The lowest BCUT2D eigenvalue weighted by Crippen LogP contribution is -2.38. The van der Waals surface area contributed by atoms with Crippen molar-refractivity contribution in [1.82, 2.24) is 10.2 Å². The molecule has 0 aliphatic heterocycles. The highest BCUT2D eigenvalue weighted by Crippen LogP contribution is 2.24. The summed E-state index contributed by atoms with van der Waals surface area (Å²) in [7, 11) is 1.80. The highest BCUT2D eigenvalue weighted by molar-refractivity contribution is 5.77. The lowest BCUT2D eigenvalue weighted by atomic mass is 10.1. The minimum Gasteiger partial charge on any atom is -0.393 e. The Morgan fingerprint density at radius 1 is 1.53 bits per heavy atom. The van der Waals surface area contributed by atoms with Crippen LogP contribution in [0.25, 0.3) is 0 Å². The molecule has 0 aromatic heterocycles. The maximum atomic E-state index is 11.4. The lowest BCUT2D eigenvalue weighted by molar-refractivity contribution is -0.128. The molecule has 1 saturated carbocycles. The normalized spacial score (nSPS) is 25.5. The number of hydrogen-bond acceptors (Lipinski definition) is 3. The first-order valence-electron chi connectivity index (χ1n) is 5.78. The Morgan fingerprint density at radius 2 is 2.27 bits per heavy atom. The number of nitrogens with one attached hydrogen (secondary N) is 1. The van der Waals surface area contributed by atoms with Gasteiger partial charge in [-0.25, -0.2) is 0 Å². The van der Waals surface area contributed by atoms with Crippen molar-refractivity contribution in [2.75, 3.05) is 26.7 Å². The van der Waals surface area contributed by atoms with Crippen molar-refractivity contribution in [2.24, 2.45) is 5.92 Å². The second-order valence-electron chi connectivity index (χ2n) is 4.30. The van der Waals surface area contributed by atoms with E-state index in [9.17, 15) is 9.90 Å². The van der Waals surface area contributed by atoms with Gasteiger partial charge in [-0.3, -0.25) is 4.79 Å². The topological polar surface area (TPSA) is 52.6 Å². The molecular weight excluding hydrogens is 192 g/mol. The van der Waals surface area contributed by atoms with Gasteiger partial charge in [0.25, 0.3) is 0 Å². The fourth-order valence-corrected chi connectivity index (χ4v) is 1.93. The van der Waals surface area contributed by atoms with Gasteiger partial charge in [0.05, 0.1) is 12.6 Å². The van der Waals surface area contributed by atoms with Crippen LogP contribution < -0.4 is 5.32 Å². The number of aliphatic hydroxyl groups excluding tert-OH is 1. The maximum Gasteiger partial charge on any atom is 0.236 e. The molecule has 4 nitrogen and oxygen atoms in total. The van der Waals surface area contributed by atoms with E-state index in [1.165, 1.54) is 0 Å². The zero-order valence-corrected chi connectivity index (χ0v) is 9.70. The molecule has 1 rings (SSSR count). The summed E-state index contributed by atoms with van der Waals surface area (Å²) in [6.45, 7) is 3.84. The molecule has 0 spiro atoms. The number of carbonyl (C=O) groups is 1. The average Bonchev–Trinajstić information content (AvgIpc) is 2.63. The fourth-order valence-electron chi connectivity index (χ4n) is 1.93. The van der Waals surface area contributed by atoms with Crippen molar-refractivity contribution < 1.29 is 9.90 Å². The van der Waals surface area contributed by atoms with E-state index >= 15 is 0 Å². The number of amides is 1. The van der Waals surface area contributed by atoms with Gasteiger partial charge < -0.3 is 15.3 Å². The van der Waals surface area contributed by atoms with Gasteiger partial charge in [-0.2, -0.15) is 0 Å². The van der Waals surface area contributed by atoms with Crippen LogP contribution in [-0.4, -0.2) is 48.7 Å². The molecule has 2 unspecified atom stereocenters. The van der Waals surface area contributed by atoms with E-state index in [2.05, 4.69) is 5.32 Å².